The number of aliphatic hydroxyl groups is 2. The Morgan fingerprint density at radius 3 is 0.889 bits per heavy atom. The summed E-state index contributed by atoms with van der Waals surface area (Å²) in [4.78, 5) is 58.4. The van der Waals surface area contributed by atoms with Crippen LogP contribution in [0.25, 0.3) is 0 Å². The maximum absolute atomic E-state index is 12.9. The number of hydrogen-bond acceptors (Lipinski definition) is 14. The molecule has 0 saturated heterocycles. The summed E-state index contributed by atoms with van der Waals surface area (Å²) in [6, 6.07) is 0. The molecule has 568 valence electrons. The van der Waals surface area contributed by atoms with Gasteiger partial charge >= 0.3 is 33.6 Å². The lowest BCUT2D eigenvalue weighted by molar-refractivity contribution is -0.161. The van der Waals surface area contributed by atoms with Crippen LogP contribution in [-0.2, 0) is 55.8 Å². The quantitative estimate of drug-likeness (QED) is 0.0146. The van der Waals surface area contributed by atoms with Gasteiger partial charge in [-0.05, 0) is 109 Å². The van der Waals surface area contributed by atoms with Crippen LogP contribution in [0.2, 0.25) is 0 Å². The van der Waals surface area contributed by atoms with Gasteiger partial charge in [0.1, 0.15) is 25.4 Å². The lowest BCUT2D eigenvalue weighted by Gasteiger charge is -2.21. The van der Waals surface area contributed by atoms with Gasteiger partial charge in [-0.1, -0.05) is 309 Å². The molecular weight excluding hydrogens is 1290 g/mol. The fraction of sp³-hybridized carbons (Fsp3) is 0.691. The number of rotatable bonds is 72. The van der Waals surface area contributed by atoms with E-state index in [9.17, 15) is 43.5 Å². The van der Waals surface area contributed by atoms with Crippen LogP contribution in [0.4, 0.5) is 0 Å². The maximum atomic E-state index is 12.9. The third-order valence-electron chi connectivity index (χ3n) is 15.9. The Morgan fingerprint density at radius 1 is 0.293 bits per heavy atom. The Hall–Kier alpha value is -4.31. The van der Waals surface area contributed by atoms with Crippen LogP contribution >= 0.6 is 15.6 Å². The SMILES string of the molecule is CC/C=C\C/C=C\C/C=C\C/C=C\C/C=C\C/C=C\CCCCCCCCCCCCCCCCCCC(=O)OCC(O)COP(=O)(O)OCC(O)COP(=O)(O)OCC(COC(=O)CCC/C=C\C/C=C\C/C=C\C/C=C\C/C=C\CC)OC(=O)CCCCCCCCCCCCC. The lowest BCUT2D eigenvalue weighted by atomic mass is 10.0. The first-order valence-electron chi connectivity index (χ1n) is 38.5. The number of allylic oxidation sites excluding steroid dienone is 22. The van der Waals surface area contributed by atoms with E-state index in [2.05, 4.69) is 142 Å². The third-order valence-corrected chi connectivity index (χ3v) is 17.8. The van der Waals surface area contributed by atoms with Crippen molar-refractivity contribution < 1.29 is 75.8 Å². The lowest BCUT2D eigenvalue weighted by Crippen LogP contribution is -2.30. The van der Waals surface area contributed by atoms with E-state index >= 15 is 0 Å². The summed E-state index contributed by atoms with van der Waals surface area (Å²) in [5, 5.41) is 20.6. The Bertz CT molecular complexity index is 2330. The molecule has 0 amide bonds. The van der Waals surface area contributed by atoms with Gasteiger partial charge in [-0.3, -0.25) is 32.5 Å². The number of esters is 3. The summed E-state index contributed by atoms with van der Waals surface area (Å²) in [5.41, 5.74) is 0. The van der Waals surface area contributed by atoms with Gasteiger partial charge in [0, 0.05) is 19.3 Å². The van der Waals surface area contributed by atoms with Crippen LogP contribution in [0, 0.1) is 0 Å². The molecule has 0 aromatic heterocycles. The minimum Gasteiger partial charge on any atom is -0.463 e. The van der Waals surface area contributed by atoms with Crippen LogP contribution in [0.3, 0.4) is 0 Å². The Kier molecular flexibility index (Phi) is 70.2. The molecule has 0 fully saturated rings. The molecule has 99 heavy (non-hydrogen) atoms. The molecule has 16 nitrogen and oxygen atoms in total. The molecule has 5 unspecified atom stereocenters. The highest BCUT2D eigenvalue weighted by atomic mass is 31.2. The van der Waals surface area contributed by atoms with Gasteiger partial charge in [-0.25, -0.2) is 9.13 Å². The van der Waals surface area contributed by atoms with Crippen molar-refractivity contribution in [1.82, 2.24) is 0 Å². The summed E-state index contributed by atoms with van der Waals surface area (Å²) < 4.78 is 60.9. The molecule has 0 radical (unpaired) electrons. The monoisotopic (exact) mass is 1430 g/mol. The number of aliphatic hydroxyl groups excluding tert-OH is 2. The molecule has 0 saturated carbocycles. The first-order valence-corrected chi connectivity index (χ1v) is 41.5. The van der Waals surface area contributed by atoms with E-state index in [1.165, 1.54) is 122 Å². The first kappa shape index (κ1) is 94.7. The fourth-order valence-electron chi connectivity index (χ4n) is 10.1. The van der Waals surface area contributed by atoms with E-state index in [1.54, 1.807) is 0 Å². The van der Waals surface area contributed by atoms with E-state index < -0.39 is 91.5 Å². The zero-order chi connectivity index (χ0) is 72.3. The van der Waals surface area contributed by atoms with Crippen molar-refractivity contribution in [3.8, 4) is 0 Å². The third kappa shape index (κ3) is 74.7. The second-order valence-corrected chi connectivity index (χ2v) is 28.3. The molecule has 0 aliphatic heterocycles. The topological polar surface area (TPSA) is 231 Å². The number of ether oxygens (including phenoxy) is 3. The highest BCUT2D eigenvalue weighted by Gasteiger charge is 2.29. The molecule has 4 N–H and O–H groups in total. The highest BCUT2D eigenvalue weighted by molar-refractivity contribution is 7.47. The van der Waals surface area contributed by atoms with Crippen LogP contribution in [-0.4, -0.2) is 95.9 Å². The summed E-state index contributed by atoms with van der Waals surface area (Å²) in [5.74, 6) is -1.64. The van der Waals surface area contributed by atoms with E-state index in [-0.39, 0.29) is 19.3 Å². The molecule has 18 heteroatoms. The van der Waals surface area contributed by atoms with Crippen molar-refractivity contribution in [3.63, 3.8) is 0 Å². The summed E-state index contributed by atoms with van der Waals surface area (Å²) >= 11 is 0. The predicted molar refractivity (Wildman–Crippen MR) is 408 cm³/mol. The van der Waals surface area contributed by atoms with Gasteiger partial charge in [0.05, 0.1) is 26.4 Å². The Labute approximate surface area is 601 Å². The predicted octanol–water partition coefficient (Wildman–Crippen LogP) is 22.3. The molecule has 0 spiro atoms. The van der Waals surface area contributed by atoms with Gasteiger partial charge < -0.3 is 34.2 Å². The van der Waals surface area contributed by atoms with Gasteiger partial charge in [-0.2, -0.15) is 0 Å². The van der Waals surface area contributed by atoms with Crippen molar-refractivity contribution >= 4 is 33.6 Å². The number of hydrogen-bond donors (Lipinski definition) is 4. The van der Waals surface area contributed by atoms with Crippen LogP contribution in [0.15, 0.2) is 134 Å². The molecule has 0 aliphatic rings. The maximum Gasteiger partial charge on any atom is 0.472 e. The Morgan fingerprint density at radius 2 is 0.545 bits per heavy atom. The van der Waals surface area contributed by atoms with E-state index in [0.717, 1.165) is 116 Å². The number of phosphoric ester groups is 2. The number of phosphoric acid groups is 2. The van der Waals surface area contributed by atoms with E-state index in [1.807, 2.05) is 12.2 Å². The van der Waals surface area contributed by atoms with E-state index in [4.69, 9.17) is 32.3 Å². The number of carbonyl (C=O) groups excluding carboxylic acids is 3. The molecule has 0 aliphatic carbocycles. The summed E-state index contributed by atoms with van der Waals surface area (Å²) in [7, 11) is -9.79. The standard InChI is InChI=1S/C81H138O16P2/c1-4-7-10-13-16-19-22-24-26-28-29-30-31-32-33-34-35-36-37-38-39-40-41-42-43-44-45-47-49-50-53-55-58-61-64-67-79(84)91-70-76(82)71-93-98(87,88)94-72-77(83)73-95-99(89,90)96-75-78(97-81(86)69-66-63-60-57-52-21-18-15-12-9-6-3)74-92-80(85)68-65-62-59-56-54-51-48-46-27-25-23-20-17-14-11-8-5-2/h7-8,10-11,16-17,19-20,24-27,29-30,32-33,35-36,48,51,56,59,76-78,82-83H,4-6,9,12-15,18,21-23,28,31,34,37-47,49-50,52-55,57-58,60-75H2,1-3H3,(H,87,88)(H,89,90)/b10-7-,11-8-,19-16-,20-17-,26-24-,27-25-,30-29-,33-32-,36-35-,51-48-,59-56-. The van der Waals surface area contributed by atoms with Crippen molar-refractivity contribution in [2.24, 2.45) is 0 Å². The largest absolute Gasteiger partial charge is 0.472 e. The average molecular weight is 1430 g/mol. The van der Waals surface area contributed by atoms with Crippen molar-refractivity contribution in [2.75, 3.05) is 39.6 Å². The van der Waals surface area contributed by atoms with Crippen LogP contribution in [0.5, 0.6) is 0 Å². The van der Waals surface area contributed by atoms with Gasteiger partial charge in [0.2, 0.25) is 0 Å². The first-order chi connectivity index (χ1) is 48.2. The van der Waals surface area contributed by atoms with Crippen molar-refractivity contribution in [1.29, 1.82) is 0 Å². The minimum absolute atomic E-state index is 0.0922. The van der Waals surface area contributed by atoms with Crippen LogP contribution < -0.4 is 0 Å². The Balaban J connectivity index is 4.35. The number of carbonyl (C=O) groups is 3. The normalized spacial score (nSPS) is 14.8. The molecule has 5 atom stereocenters. The van der Waals surface area contributed by atoms with Gasteiger partial charge in [0.15, 0.2) is 6.10 Å². The summed E-state index contributed by atoms with van der Waals surface area (Å²) in [6.45, 7) is 2.37. The molecular formula is C81H138O16P2. The molecule has 0 rings (SSSR count). The molecule has 0 heterocycles. The van der Waals surface area contributed by atoms with Gasteiger partial charge in [0.25, 0.3) is 0 Å². The second kappa shape index (κ2) is 73.4. The summed E-state index contributed by atoms with van der Waals surface area (Å²) in [6.07, 6.45) is 88.3. The zero-order valence-electron chi connectivity index (χ0n) is 61.9. The molecule has 0 bridgehead atoms. The second-order valence-electron chi connectivity index (χ2n) is 25.4. The van der Waals surface area contributed by atoms with Gasteiger partial charge in [-0.15, -0.1) is 0 Å². The fourth-order valence-corrected chi connectivity index (χ4v) is 11.7. The zero-order valence-corrected chi connectivity index (χ0v) is 63.7. The molecule has 0 aromatic carbocycles. The van der Waals surface area contributed by atoms with Crippen LogP contribution in [0.1, 0.15) is 303 Å². The number of unbranched alkanes of at least 4 members (excludes halogenated alkanes) is 27. The highest BCUT2D eigenvalue weighted by Crippen LogP contribution is 2.45. The van der Waals surface area contributed by atoms with Crippen molar-refractivity contribution in [2.45, 2.75) is 322 Å². The minimum atomic E-state index is -4.93. The average Bonchev–Trinajstić information content (AvgIpc) is 1.19. The van der Waals surface area contributed by atoms with Crippen molar-refractivity contribution in [3.05, 3.63) is 134 Å². The smallest absolute Gasteiger partial charge is 0.463 e. The van der Waals surface area contributed by atoms with E-state index in [0.29, 0.717) is 25.7 Å². The molecule has 0 aromatic rings.